The first-order chi connectivity index (χ1) is 10.6. The number of carbonyl (C=O) groups is 2. The maximum atomic E-state index is 11.3. The Morgan fingerprint density at radius 1 is 1.32 bits per heavy atom. The SMILES string of the molecule is CC(=O)Nc1cc2[nH]nc(-c3ccnc(C)c3)c2cc1C=O. The molecule has 1 aromatic carbocycles. The number of anilines is 1. The normalized spacial score (nSPS) is 10.6. The van der Waals surface area contributed by atoms with Crippen molar-refractivity contribution in [1.82, 2.24) is 15.2 Å². The Morgan fingerprint density at radius 3 is 2.82 bits per heavy atom. The number of aldehydes is 1. The standard InChI is InChI=1S/C16H14N4O2/c1-9-5-11(3-4-17-9)16-13-6-12(8-21)14(18-10(2)22)7-15(13)19-20-16/h3-8H,1-2H3,(H,18,22)(H,19,20). The van der Waals surface area contributed by atoms with E-state index in [1.54, 1.807) is 18.3 Å². The van der Waals surface area contributed by atoms with E-state index < -0.39 is 0 Å². The number of hydrogen-bond acceptors (Lipinski definition) is 4. The van der Waals surface area contributed by atoms with E-state index in [2.05, 4.69) is 20.5 Å². The molecule has 0 atom stereocenters. The van der Waals surface area contributed by atoms with Gasteiger partial charge in [-0.15, -0.1) is 0 Å². The van der Waals surface area contributed by atoms with Crippen molar-refractivity contribution >= 4 is 28.8 Å². The van der Waals surface area contributed by atoms with Crippen LogP contribution in [0.1, 0.15) is 23.0 Å². The summed E-state index contributed by atoms with van der Waals surface area (Å²) in [6.07, 6.45) is 2.44. The van der Waals surface area contributed by atoms with Crippen molar-refractivity contribution in [2.45, 2.75) is 13.8 Å². The van der Waals surface area contributed by atoms with E-state index in [1.165, 1.54) is 6.92 Å². The maximum absolute atomic E-state index is 11.3. The Kier molecular flexibility index (Phi) is 3.42. The summed E-state index contributed by atoms with van der Waals surface area (Å²) < 4.78 is 0. The van der Waals surface area contributed by atoms with Gasteiger partial charge in [0.1, 0.15) is 5.69 Å². The highest BCUT2D eigenvalue weighted by Crippen LogP contribution is 2.30. The van der Waals surface area contributed by atoms with Gasteiger partial charge in [-0.25, -0.2) is 0 Å². The molecule has 0 aliphatic rings. The summed E-state index contributed by atoms with van der Waals surface area (Å²) in [5.41, 5.74) is 4.19. The average molecular weight is 294 g/mol. The monoisotopic (exact) mass is 294 g/mol. The molecule has 2 aromatic heterocycles. The molecule has 1 amide bonds. The highest BCUT2D eigenvalue weighted by atomic mass is 16.1. The lowest BCUT2D eigenvalue weighted by Gasteiger charge is -2.06. The first kappa shape index (κ1) is 13.9. The van der Waals surface area contributed by atoms with Crippen LogP contribution in [0.3, 0.4) is 0 Å². The third-order valence-corrected chi connectivity index (χ3v) is 3.34. The Hall–Kier alpha value is -3.02. The first-order valence-electron chi connectivity index (χ1n) is 6.76. The van der Waals surface area contributed by atoms with Crippen LogP contribution in [-0.2, 0) is 4.79 Å². The molecule has 22 heavy (non-hydrogen) atoms. The Bertz CT molecular complexity index is 883. The Labute approximate surface area is 126 Å². The zero-order chi connectivity index (χ0) is 15.7. The number of fused-ring (bicyclic) bond motifs is 1. The van der Waals surface area contributed by atoms with E-state index in [0.717, 1.165) is 34.1 Å². The molecule has 2 N–H and O–H groups in total. The molecule has 0 saturated heterocycles. The summed E-state index contributed by atoms with van der Waals surface area (Å²) in [5.74, 6) is -0.230. The molecule has 0 unspecified atom stereocenters. The second-order valence-electron chi connectivity index (χ2n) is 5.04. The molecule has 0 radical (unpaired) electrons. The summed E-state index contributed by atoms with van der Waals surface area (Å²) in [5, 5.41) is 10.7. The molecule has 6 heteroatoms. The zero-order valence-corrected chi connectivity index (χ0v) is 12.2. The van der Waals surface area contributed by atoms with Gasteiger partial charge in [-0.2, -0.15) is 5.10 Å². The molecular weight excluding hydrogens is 280 g/mol. The summed E-state index contributed by atoms with van der Waals surface area (Å²) >= 11 is 0. The minimum Gasteiger partial charge on any atom is -0.326 e. The van der Waals surface area contributed by atoms with E-state index in [-0.39, 0.29) is 5.91 Å². The average Bonchev–Trinajstić information content (AvgIpc) is 2.88. The van der Waals surface area contributed by atoms with Crippen LogP contribution in [0.4, 0.5) is 5.69 Å². The van der Waals surface area contributed by atoms with E-state index in [9.17, 15) is 9.59 Å². The number of pyridine rings is 1. The topological polar surface area (TPSA) is 87.7 Å². The molecule has 0 spiro atoms. The third kappa shape index (κ3) is 2.46. The largest absolute Gasteiger partial charge is 0.326 e. The number of aromatic nitrogens is 3. The molecule has 0 fully saturated rings. The van der Waals surface area contributed by atoms with Gasteiger partial charge in [-0.1, -0.05) is 0 Å². The zero-order valence-electron chi connectivity index (χ0n) is 12.2. The molecule has 6 nitrogen and oxygen atoms in total. The molecule has 3 aromatic rings. The van der Waals surface area contributed by atoms with E-state index in [4.69, 9.17) is 0 Å². The van der Waals surface area contributed by atoms with E-state index in [0.29, 0.717) is 11.3 Å². The number of amides is 1. The predicted octanol–water partition coefficient (Wildman–Crippen LogP) is 2.70. The first-order valence-corrected chi connectivity index (χ1v) is 6.76. The minimum absolute atomic E-state index is 0.230. The van der Waals surface area contributed by atoms with Gasteiger partial charge < -0.3 is 5.32 Å². The molecule has 0 aliphatic heterocycles. The highest BCUT2D eigenvalue weighted by molar-refractivity contribution is 6.03. The number of aromatic amines is 1. The molecule has 3 rings (SSSR count). The van der Waals surface area contributed by atoms with Gasteiger partial charge >= 0.3 is 0 Å². The summed E-state index contributed by atoms with van der Waals surface area (Å²) in [7, 11) is 0. The van der Waals surface area contributed by atoms with Crippen LogP contribution in [0.2, 0.25) is 0 Å². The fourth-order valence-electron chi connectivity index (χ4n) is 2.39. The lowest BCUT2D eigenvalue weighted by atomic mass is 10.0. The van der Waals surface area contributed by atoms with Gasteiger partial charge in [0.2, 0.25) is 5.91 Å². The summed E-state index contributed by atoms with van der Waals surface area (Å²) in [6, 6.07) is 7.23. The number of hydrogen-bond donors (Lipinski definition) is 2. The quantitative estimate of drug-likeness (QED) is 0.727. The second kappa shape index (κ2) is 5.40. The fourth-order valence-corrected chi connectivity index (χ4v) is 2.39. The minimum atomic E-state index is -0.230. The van der Waals surface area contributed by atoms with Gasteiger partial charge in [0, 0.05) is 35.3 Å². The van der Waals surface area contributed by atoms with Crippen molar-refractivity contribution in [2.75, 3.05) is 5.32 Å². The van der Waals surface area contributed by atoms with Crippen molar-refractivity contribution in [2.24, 2.45) is 0 Å². The molecule has 0 bridgehead atoms. The van der Waals surface area contributed by atoms with E-state index >= 15 is 0 Å². The van der Waals surface area contributed by atoms with Crippen molar-refractivity contribution in [3.8, 4) is 11.3 Å². The maximum Gasteiger partial charge on any atom is 0.221 e. The third-order valence-electron chi connectivity index (χ3n) is 3.34. The van der Waals surface area contributed by atoms with Gasteiger partial charge in [0.25, 0.3) is 0 Å². The summed E-state index contributed by atoms with van der Waals surface area (Å²) in [4.78, 5) is 26.7. The number of nitrogens with zero attached hydrogens (tertiary/aromatic N) is 2. The summed E-state index contributed by atoms with van der Waals surface area (Å²) in [6.45, 7) is 3.31. The predicted molar refractivity (Wildman–Crippen MR) is 83.8 cm³/mol. The molecule has 0 aliphatic carbocycles. The smallest absolute Gasteiger partial charge is 0.221 e. The lowest BCUT2D eigenvalue weighted by Crippen LogP contribution is -2.07. The van der Waals surface area contributed by atoms with E-state index in [1.807, 2.05) is 19.1 Å². The van der Waals surface area contributed by atoms with Crippen molar-refractivity contribution in [3.63, 3.8) is 0 Å². The lowest BCUT2D eigenvalue weighted by molar-refractivity contribution is -0.114. The number of benzene rings is 1. The van der Waals surface area contributed by atoms with Crippen LogP contribution >= 0.6 is 0 Å². The van der Waals surface area contributed by atoms with Crippen LogP contribution < -0.4 is 5.32 Å². The fraction of sp³-hybridized carbons (Fsp3) is 0.125. The van der Waals surface area contributed by atoms with Crippen molar-refractivity contribution in [3.05, 3.63) is 41.7 Å². The van der Waals surface area contributed by atoms with Crippen LogP contribution in [0, 0.1) is 6.92 Å². The Morgan fingerprint density at radius 2 is 2.14 bits per heavy atom. The number of carbonyl (C=O) groups excluding carboxylic acids is 2. The van der Waals surface area contributed by atoms with Gasteiger partial charge in [-0.3, -0.25) is 19.7 Å². The van der Waals surface area contributed by atoms with Gasteiger partial charge in [-0.05, 0) is 31.2 Å². The Balaban J connectivity index is 2.19. The van der Waals surface area contributed by atoms with Crippen molar-refractivity contribution in [1.29, 1.82) is 0 Å². The van der Waals surface area contributed by atoms with Crippen molar-refractivity contribution < 1.29 is 9.59 Å². The highest BCUT2D eigenvalue weighted by Gasteiger charge is 2.13. The number of rotatable bonds is 3. The second-order valence-corrected chi connectivity index (χ2v) is 5.04. The number of nitrogens with one attached hydrogen (secondary N) is 2. The molecule has 0 saturated carbocycles. The van der Waals surface area contributed by atoms with Gasteiger partial charge in [0.05, 0.1) is 11.2 Å². The van der Waals surface area contributed by atoms with Crippen LogP contribution in [-0.4, -0.2) is 27.4 Å². The van der Waals surface area contributed by atoms with Crippen LogP contribution in [0.5, 0.6) is 0 Å². The van der Waals surface area contributed by atoms with Crippen LogP contribution in [0.15, 0.2) is 30.5 Å². The molecule has 2 heterocycles. The number of H-pyrrole nitrogens is 1. The number of aryl methyl sites for hydroxylation is 1. The van der Waals surface area contributed by atoms with Gasteiger partial charge in [0.15, 0.2) is 6.29 Å². The van der Waals surface area contributed by atoms with Crippen LogP contribution in [0.25, 0.3) is 22.2 Å². The molecule has 110 valence electrons. The molecular formula is C16H14N4O2.